The fourth-order valence-corrected chi connectivity index (χ4v) is 5.78. The average Bonchev–Trinajstić information content (AvgIpc) is 3.06. The molecule has 1 aliphatic rings. The summed E-state index contributed by atoms with van der Waals surface area (Å²) in [5.41, 5.74) is 1.89. The number of aromatic nitrogens is 2. The molecule has 0 bridgehead atoms. The highest BCUT2D eigenvalue weighted by molar-refractivity contribution is 6.30. The first kappa shape index (κ1) is 34.3. The third kappa shape index (κ3) is 8.88. The minimum atomic E-state index is -0.202. The van der Waals surface area contributed by atoms with E-state index < -0.39 is 0 Å². The zero-order chi connectivity index (χ0) is 33.3. The van der Waals surface area contributed by atoms with Crippen LogP contribution in [0.2, 0.25) is 5.02 Å². The molecule has 12 heteroatoms. The maximum absolute atomic E-state index is 14.2. The van der Waals surface area contributed by atoms with Gasteiger partial charge in [0.2, 0.25) is 0 Å². The summed E-state index contributed by atoms with van der Waals surface area (Å²) in [5, 5.41) is 20.2. The molecule has 0 radical (unpaired) electrons. The van der Waals surface area contributed by atoms with Crippen LogP contribution in [-0.4, -0.2) is 106 Å². The maximum Gasteiger partial charge on any atom is 0.266 e. The van der Waals surface area contributed by atoms with Gasteiger partial charge in [-0.15, -0.1) is 0 Å². The Bertz CT molecular complexity index is 1700. The van der Waals surface area contributed by atoms with E-state index in [1.165, 1.54) is 0 Å². The van der Waals surface area contributed by atoms with Crippen molar-refractivity contribution in [2.45, 2.75) is 33.0 Å². The van der Waals surface area contributed by atoms with E-state index >= 15 is 0 Å². The zero-order valence-corrected chi connectivity index (χ0v) is 27.6. The molecule has 1 aromatic heterocycles. The number of piperazine rings is 1. The number of para-hydroxylation sites is 1. The lowest BCUT2D eigenvalue weighted by atomic mass is 10.1. The molecule has 250 valence electrons. The first-order chi connectivity index (χ1) is 22.7. The van der Waals surface area contributed by atoms with Gasteiger partial charge in [-0.1, -0.05) is 29.8 Å². The summed E-state index contributed by atoms with van der Waals surface area (Å²) in [6.45, 7) is 7.65. The van der Waals surface area contributed by atoms with E-state index in [0.717, 1.165) is 5.56 Å². The number of amides is 1. The highest BCUT2D eigenvalue weighted by Crippen LogP contribution is 2.28. The third-order valence-corrected chi connectivity index (χ3v) is 8.23. The normalized spacial score (nSPS) is 13.9. The molecule has 5 rings (SSSR count). The smallest absolute Gasteiger partial charge is 0.266 e. The van der Waals surface area contributed by atoms with Crippen LogP contribution >= 0.6 is 11.6 Å². The van der Waals surface area contributed by atoms with Gasteiger partial charge in [0.25, 0.3) is 11.5 Å². The number of ether oxygens (including phenoxy) is 2. The zero-order valence-electron chi connectivity index (χ0n) is 26.8. The molecule has 0 atom stereocenters. The SMILES string of the molecule is CC(C)Oc1ccc(CN(CCO)CCO)cc1-n1c(CN2CCN(C(=O)COc3ccc(Cl)cc3)CC2)nc2ccccc2c1=O. The predicted octanol–water partition coefficient (Wildman–Crippen LogP) is 3.34. The van der Waals surface area contributed by atoms with Gasteiger partial charge in [-0.3, -0.25) is 24.0 Å². The van der Waals surface area contributed by atoms with E-state index in [1.54, 1.807) is 39.8 Å². The summed E-state index contributed by atoms with van der Waals surface area (Å²) in [6, 6.07) is 19.9. The molecule has 1 saturated heterocycles. The minimum absolute atomic E-state index is 0.0339. The summed E-state index contributed by atoms with van der Waals surface area (Å²) in [7, 11) is 0. The molecule has 47 heavy (non-hydrogen) atoms. The average molecular weight is 664 g/mol. The van der Waals surface area contributed by atoms with Crippen LogP contribution in [0.4, 0.5) is 0 Å². The molecule has 4 aromatic rings. The number of rotatable bonds is 14. The molecule has 0 aliphatic carbocycles. The summed E-state index contributed by atoms with van der Waals surface area (Å²) in [6.07, 6.45) is -0.137. The molecule has 1 fully saturated rings. The maximum atomic E-state index is 14.2. The Morgan fingerprint density at radius 3 is 2.36 bits per heavy atom. The lowest BCUT2D eigenvalue weighted by Crippen LogP contribution is -2.50. The van der Waals surface area contributed by atoms with Gasteiger partial charge < -0.3 is 24.6 Å². The first-order valence-electron chi connectivity index (χ1n) is 15.9. The summed E-state index contributed by atoms with van der Waals surface area (Å²) >= 11 is 5.94. The predicted molar refractivity (Wildman–Crippen MR) is 181 cm³/mol. The van der Waals surface area contributed by atoms with E-state index in [4.69, 9.17) is 26.1 Å². The van der Waals surface area contributed by atoms with Crippen LogP contribution in [-0.2, 0) is 17.9 Å². The Hall–Kier alpha value is -4.00. The van der Waals surface area contributed by atoms with E-state index in [1.807, 2.05) is 55.1 Å². The van der Waals surface area contributed by atoms with E-state index in [9.17, 15) is 19.8 Å². The lowest BCUT2D eigenvalue weighted by Gasteiger charge is -2.34. The molecule has 1 aliphatic heterocycles. The van der Waals surface area contributed by atoms with Crippen molar-refractivity contribution in [1.29, 1.82) is 0 Å². The highest BCUT2D eigenvalue weighted by atomic mass is 35.5. The van der Waals surface area contributed by atoms with Crippen molar-refractivity contribution in [3.8, 4) is 17.2 Å². The number of carbonyl (C=O) groups excluding carboxylic acids is 1. The number of benzene rings is 3. The van der Waals surface area contributed by atoms with Crippen molar-refractivity contribution in [3.05, 3.63) is 93.5 Å². The van der Waals surface area contributed by atoms with E-state index in [2.05, 4.69) is 4.90 Å². The summed E-state index contributed by atoms with van der Waals surface area (Å²) in [5.74, 6) is 1.61. The van der Waals surface area contributed by atoms with Gasteiger partial charge in [0.05, 0.1) is 42.5 Å². The second kappa shape index (κ2) is 16.2. The lowest BCUT2D eigenvalue weighted by molar-refractivity contribution is -0.135. The van der Waals surface area contributed by atoms with Crippen LogP contribution in [0.15, 0.2) is 71.5 Å². The molecule has 1 amide bonds. The van der Waals surface area contributed by atoms with Gasteiger partial charge in [0.1, 0.15) is 17.3 Å². The van der Waals surface area contributed by atoms with Crippen molar-refractivity contribution in [2.24, 2.45) is 0 Å². The fraction of sp³-hybridized carbons (Fsp3) is 0.400. The van der Waals surface area contributed by atoms with Gasteiger partial charge in [-0.25, -0.2) is 4.98 Å². The molecule has 2 N–H and O–H groups in total. The van der Waals surface area contributed by atoms with Crippen LogP contribution in [0.3, 0.4) is 0 Å². The Labute approximate surface area is 279 Å². The van der Waals surface area contributed by atoms with Crippen molar-refractivity contribution >= 4 is 28.4 Å². The largest absolute Gasteiger partial charge is 0.489 e. The second-order valence-electron chi connectivity index (χ2n) is 11.8. The number of aliphatic hydroxyl groups is 2. The Balaban J connectivity index is 1.41. The van der Waals surface area contributed by atoms with E-state index in [0.29, 0.717) is 91.3 Å². The van der Waals surface area contributed by atoms with Crippen LogP contribution in [0, 0.1) is 0 Å². The Morgan fingerprint density at radius 1 is 0.979 bits per heavy atom. The van der Waals surface area contributed by atoms with Gasteiger partial charge in [0, 0.05) is 50.8 Å². The third-order valence-electron chi connectivity index (χ3n) is 7.98. The number of hydrogen-bond acceptors (Lipinski definition) is 9. The number of hydrogen-bond donors (Lipinski definition) is 2. The van der Waals surface area contributed by atoms with Crippen LogP contribution < -0.4 is 15.0 Å². The number of halogens is 1. The quantitative estimate of drug-likeness (QED) is 0.209. The van der Waals surface area contributed by atoms with Gasteiger partial charge in [-0.05, 0) is 67.9 Å². The minimum Gasteiger partial charge on any atom is -0.489 e. The van der Waals surface area contributed by atoms with Gasteiger partial charge >= 0.3 is 0 Å². The van der Waals surface area contributed by atoms with Crippen molar-refractivity contribution < 1.29 is 24.5 Å². The molecular formula is C35H42ClN5O6. The van der Waals surface area contributed by atoms with Crippen LogP contribution in [0.25, 0.3) is 16.6 Å². The number of nitrogens with zero attached hydrogens (tertiary/aromatic N) is 5. The standard InChI is InChI=1S/C35H42ClN5O6/c1-25(2)47-32-12-7-26(22-39(17-19-42)18-20-43)21-31(32)41-33(37-30-6-4-3-5-29(30)35(41)45)23-38-13-15-40(16-14-38)34(44)24-46-28-10-8-27(36)9-11-28/h3-12,21,25,42-43H,13-20,22-24H2,1-2H3. The van der Waals surface area contributed by atoms with E-state index in [-0.39, 0.29) is 37.4 Å². The fourth-order valence-electron chi connectivity index (χ4n) is 5.66. The van der Waals surface area contributed by atoms with Crippen LogP contribution in [0.5, 0.6) is 11.5 Å². The topological polar surface area (TPSA) is 121 Å². The second-order valence-corrected chi connectivity index (χ2v) is 12.2. The Morgan fingerprint density at radius 2 is 1.68 bits per heavy atom. The Kier molecular flexibility index (Phi) is 11.8. The molecule has 11 nitrogen and oxygen atoms in total. The monoisotopic (exact) mass is 663 g/mol. The molecular weight excluding hydrogens is 622 g/mol. The highest BCUT2D eigenvalue weighted by Gasteiger charge is 2.25. The number of fused-ring (bicyclic) bond motifs is 1. The van der Waals surface area contributed by atoms with Crippen molar-refractivity contribution in [2.75, 3.05) is 59.1 Å². The number of carbonyl (C=O) groups is 1. The number of aliphatic hydroxyl groups excluding tert-OH is 2. The summed E-state index contributed by atoms with van der Waals surface area (Å²) < 4.78 is 13.5. The molecule has 2 heterocycles. The molecule has 0 saturated carbocycles. The van der Waals surface area contributed by atoms with Gasteiger partial charge in [-0.2, -0.15) is 0 Å². The van der Waals surface area contributed by atoms with Gasteiger partial charge in [0.15, 0.2) is 6.61 Å². The van der Waals surface area contributed by atoms with Crippen LogP contribution in [0.1, 0.15) is 25.2 Å². The van der Waals surface area contributed by atoms with Crippen molar-refractivity contribution in [1.82, 2.24) is 24.3 Å². The van der Waals surface area contributed by atoms with Crippen molar-refractivity contribution in [3.63, 3.8) is 0 Å². The molecule has 0 spiro atoms. The molecule has 3 aromatic carbocycles. The first-order valence-corrected chi connectivity index (χ1v) is 16.3. The summed E-state index contributed by atoms with van der Waals surface area (Å²) in [4.78, 5) is 38.0. The molecule has 0 unspecified atom stereocenters.